The summed E-state index contributed by atoms with van der Waals surface area (Å²) < 4.78 is 0. The number of anilines is 2. The smallest absolute Gasteiger partial charge is 0.307 e. The first-order chi connectivity index (χ1) is 13.3. The van der Waals surface area contributed by atoms with E-state index < -0.39 is 28.3 Å². The maximum Gasteiger partial charge on any atom is 0.307 e. The summed E-state index contributed by atoms with van der Waals surface area (Å²) in [4.78, 5) is 48.6. The topological polar surface area (TPSA) is 124 Å². The fourth-order valence-electron chi connectivity index (χ4n) is 2.68. The van der Waals surface area contributed by atoms with Crippen LogP contribution in [0.1, 0.15) is 12.0 Å². The van der Waals surface area contributed by atoms with Crippen LogP contribution in [-0.2, 0) is 20.8 Å². The highest BCUT2D eigenvalue weighted by molar-refractivity contribution is 8.15. The summed E-state index contributed by atoms with van der Waals surface area (Å²) in [5, 5.41) is 19.4. The van der Waals surface area contributed by atoms with Crippen molar-refractivity contribution in [2.24, 2.45) is 0 Å². The molecular formula is C19H16N2O6S. The second-order valence-electron chi connectivity index (χ2n) is 6.08. The second-order valence-corrected chi connectivity index (χ2v) is 7.24. The number of carbonyl (C=O) groups excluding carboxylic acids is 3. The van der Waals surface area contributed by atoms with Crippen LogP contribution in [-0.4, -0.2) is 38.5 Å². The molecule has 0 aliphatic carbocycles. The van der Waals surface area contributed by atoms with Crippen LogP contribution < -0.4 is 10.2 Å². The van der Waals surface area contributed by atoms with Crippen LogP contribution in [0, 0.1) is 0 Å². The molecule has 1 heterocycles. The molecule has 144 valence electrons. The molecule has 0 spiro atoms. The number of carbonyl (C=O) groups is 4. The van der Waals surface area contributed by atoms with Gasteiger partial charge in [-0.3, -0.25) is 19.2 Å². The van der Waals surface area contributed by atoms with Crippen molar-refractivity contribution in [3.63, 3.8) is 0 Å². The Balaban J connectivity index is 1.61. The van der Waals surface area contributed by atoms with Crippen molar-refractivity contribution in [3.8, 4) is 5.75 Å². The van der Waals surface area contributed by atoms with E-state index in [4.69, 9.17) is 5.11 Å². The average molecular weight is 400 g/mol. The first kappa shape index (κ1) is 19.4. The number of rotatable bonds is 6. The molecule has 2 aromatic carbocycles. The van der Waals surface area contributed by atoms with E-state index >= 15 is 0 Å². The number of hydrogen-bond acceptors (Lipinski definition) is 6. The first-order valence-corrected chi connectivity index (χ1v) is 9.15. The Morgan fingerprint density at radius 1 is 1.04 bits per heavy atom. The summed E-state index contributed by atoms with van der Waals surface area (Å²) in [6.45, 7) is 0. The second kappa shape index (κ2) is 8.13. The minimum Gasteiger partial charge on any atom is -0.508 e. The van der Waals surface area contributed by atoms with Crippen molar-refractivity contribution in [2.45, 2.75) is 18.1 Å². The van der Waals surface area contributed by atoms with Crippen LogP contribution in [0.3, 0.4) is 0 Å². The van der Waals surface area contributed by atoms with Gasteiger partial charge in [0.1, 0.15) is 11.0 Å². The quantitative estimate of drug-likeness (QED) is 0.681. The number of nitrogens with one attached hydrogen (secondary N) is 1. The maximum absolute atomic E-state index is 12.5. The summed E-state index contributed by atoms with van der Waals surface area (Å²) in [6, 6.07) is 12.0. The fraction of sp³-hybridized carbons (Fsp3) is 0.158. The van der Waals surface area contributed by atoms with Gasteiger partial charge in [-0.15, -0.1) is 0 Å². The van der Waals surface area contributed by atoms with Crippen LogP contribution >= 0.6 is 11.8 Å². The Labute approximate surface area is 164 Å². The SMILES string of the molecule is O=C(O)Cc1ccc(NC(=O)CC2SC(=O)N(c3ccc(O)cc3)C2=O)cc1. The van der Waals surface area contributed by atoms with Gasteiger partial charge in [0.25, 0.3) is 5.24 Å². The fourth-order valence-corrected chi connectivity index (χ4v) is 3.67. The van der Waals surface area contributed by atoms with Gasteiger partial charge >= 0.3 is 5.97 Å². The van der Waals surface area contributed by atoms with Crippen LogP contribution in [0.4, 0.5) is 16.2 Å². The number of aromatic hydroxyl groups is 1. The number of hydrogen-bond donors (Lipinski definition) is 3. The molecule has 1 fully saturated rings. The summed E-state index contributed by atoms with van der Waals surface area (Å²) in [7, 11) is 0. The third-order valence-electron chi connectivity index (χ3n) is 3.99. The molecule has 2 aromatic rings. The normalized spacial score (nSPS) is 16.3. The average Bonchev–Trinajstić information content (AvgIpc) is 2.90. The van der Waals surface area contributed by atoms with Crippen molar-refractivity contribution in [2.75, 3.05) is 10.2 Å². The number of nitrogens with zero attached hydrogens (tertiary/aromatic N) is 1. The number of amides is 3. The largest absolute Gasteiger partial charge is 0.508 e. The van der Waals surface area contributed by atoms with Gasteiger partial charge in [0.05, 0.1) is 12.1 Å². The predicted molar refractivity (Wildman–Crippen MR) is 103 cm³/mol. The van der Waals surface area contributed by atoms with Gasteiger partial charge in [0, 0.05) is 12.1 Å². The molecule has 1 atom stereocenters. The Morgan fingerprint density at radius 3 is 2.29 bits per heavy atom. The van der Waals surface area contributed by atoms with Crippen molar-refractivity contribution < 1.29 is 29.4 Å². The van der Waals surface area contributed by atoms with E-state index in [1.54, 1.807) is 24.3 Å². The van der Waals surface area contributed by atoms with E-state index in [0.29, 0.717) is 16.9 Å². The number of phenols is 1. The van der Waals surface area contributed by atoms with E-state index in [1.165, 1.54) is 24.3 Å². The highest BCUT2D eigenvalue weighted by atomic mass is 32.2. The molecule has 3 amide bonds. The Hall–Kier alpha value is -3.33. The lowest BCUT2D eigenvalue weighted by molar-refractivity contribution is -0.136. The van der Waals surface area contributed by atoms with Crippen LogP contribution in [0.5, 0.6) is 5.75 Å². The van der Waals surface area contributed by atoms with E-state index in [-0.39, 0.29) is 18.6 Å². The number of aliphatic carboxylic acids is 1. The van der Waals surface area contributed by atoms with Crippen LogP contribution in [0.2, 0.25) is 0 Å². The summed E-state index contributed by atoms with van der Waals surface area (Å²) in [6.07, 6.45) is -0.294. The molecule has 1 unspecified atom stereocenters. The minimum atomic E-state index is -0.948. The van der Waals surface area contributed by atoms with Gasteiger partial charge in [-0.2, -0.15) is 0 Å². The monoisotopic (exact) mass is 400 g/mol. The molecule has 0 radical (unpaired) electrons. The van der Waals surface area contributed by atoms with Crippen LogP contribution in [0.15, 0.2) is 48.5 Å². The first-order valence-electron chi connectivity index (χ1n) is 8.27. The van der Waals surface area contributed by atoms with Gasteiger partial charge in [0.15, 0.2) is 0 Å². The lowest BCUT2D eigenvalue weighted by atomic mass is 10.1. The van der Waals surface area contributed by atoms with Crippen molar-refractivity contribution in [1.29, 1.82) is 0 Å². The number of benzene rings is 2. The van der Waals surface area contributed by atoms with Gasteiger partial charge < -0.3 is 15.5 Å². The van der Waals surface area contributed by atoms with Gasteiger partial charge in [-0.1, -0.05) is 12.1 Å². The molecule has 1 aliphatic heterocycles. The molecule has 0 saturated carbocycles. The Morgan fingerprint density at radius 2 is 1.68 bits per heavy atom. The molecule has 9 heteroatoms. The number of carboxylic acids is 1. The molecule has 3 rings (SSSR count). The molecule has 3 N–H and O–H groups in total. The van der Waals surface area contributed by atoms with Gasteiger partial charge in [-0.05, 0) is 53.7 Å². The molecule has 0 aromatic heterocycles. The number of carboxylic acid groups (broad SMARTS) is 1. The lowest BCUT2D eigenvalue weighted by Crippen LogP contribution is -2.32. The molecular weight excluding hydrogens is 384 g/mol. The van der Waals surface area contributed by atoms with Crippen molar-refractivity contribution in [1.82, 2.24) is 0 Å². The van der Waals surface area contributed by atoms with E-state index in [0.717, 1.165) is 16.7 Å². The van der Waals surface area contributed by atoms with E-state index in [9.17, 15) is 24.3 Å². The number of phenolic OH excluding ortho intramolecular Hbond substituents is 1. The van der Waals surface area contributed by atoms with E-state index in [2.05, 4.69) is 5.32 Å². The third-order valence-corrected chi connectivity index (χ3v) is 5.03. The third kappa shape index (κ3) is 4.49. The zero-order valence-electron chi connectivity index (χ0n) is 14.5. The number of imide groups is 1. The highest BCUT2D eigenvalue weighted by Crippen LogP contribution is 2.34. The van der Waals surface area contributed by atoms with Crippen molar-refractivity contribution in [3.05, 3.63) is 54.1 Å². The van der Waals surface area contributed by atoms with Gasteiger partial charge in [-0.25, -0.2) is 4.90 Å². The van der Waals surface area contributed by atoms with Crippen LogP contribution in [0.25, 0.3) is 0 Å². The van der Waals surface area contributed by atoms with Crippen molar-refractivity contribution >= 4 is 46.2 Å². The molecule has 0 bridgehead atoms. The zero-order valence-corrected chi connectivity index (χ0v) is 15.3. The summed E-state index contributed by atoms with van der Waals surface area (Å²) in [5.41, 5.74) is 1.40. The standard InChI is InChI=1S/C19H16N2O6S/c22-14-7-5-13(6-8-14)21-18(26)15(28-19(21)27)10-16(23)20-12-3-1-11(2-4-12)9-17(24)25/h1-8,15,22H,9-10H2,(H,20,23)(H,24,25). The minimum absolute atomic E-state index is 0.0146. The van der Waals surface area contributed by atoms with Gasteiger partial charge in [0.2, 0.25) is 11.8 Å². The summed E-state index contributed by atoms with van der Waals surface area (Å²) >= 11 is 0.778. The van der Waals surface area contributed by atoms with E-state index in [1.807, 2.05) is 0 Å². The Bertz CT molecular complexity index is 926. The summed E-state index contributed by atoms with van der Waals surface area (Å²) in [5.74, 6) is -1.86. The predicted octanol–water partition coefficient (Wildman–Crippen LogP) is 2.62. The number of thioether (sulfide) groups is 1. The Kier molecular flexibility index (Phi) is 5.65. The molecule has 8 nitrogen and oxygen atoms in total. The zero-order chi connectivity index (χ0) is 20.3. The molecule has 28 heavy (non-hydrogen) atoms. The molecule has 1 saturated heterocycles. The lowest BCUT2D eigenvalue weighted by Gasteiger charge is -2.14. The molecule has 1 aliphatic rings. The highest BCUT2D eigenvalue weighted by Gasteiger charge is 2.41. The maximum atomic E-state index is 12.5.